The molecule has 0 saturated carbocycles. The van der Waals surface area contributed by atoms with E-state index in [2.05, 4.69) is 10.1 Å². The highest BCUT2D eigenvalue weighted by molar-refractivity contribution is 4.78. The van der Waals surface area contributed by atoms with Crippen molar-refractivity contribution in [3.05, 3.63) is 4.91 Å². The number of nitroso groups, excluding NO2 is 1. The first kappa shape index (κ1) is 17.9. The maximum Gasteiger partial charge on any atom is 0.191 e. The second-order valence-corrected chi connectivity index (χ2v) is 3.60. The van der Waals surface area contributed by atoms with Gasteiger partial charge in [-0.3, -0.25) is 0 Å². The average molecular weight is 234 g/mol. The van der Waals surface area contributed by atoms with E-state index in [-0.39, 0.29) is 6.10 Å². The van der Waals surface area contributed by atoms with Crippen LogP contribution in [-0.2, 0) is 4.74 Å². The largest absolute Gasteiger partial charge is 0.400 e. The maximum absolute atomic E-state index is 10.3. The number of nitrogens with zero attached hydrogens (tertiary/aromatic N) is 2. The van der Waals surface area contributed by atoms with Crippen molar-refractivity contribution in [1.29, 1.82) is 0 Å². The van der Waals surface area contributed by atoms with Gasteiger partial charge in [-0.25, -0.2) is 0 Å². The minimum atomic E-state index is -0.443. The van der Waals surface area contributed by atoms with Crippen molar-refractivity contribution in [3.63, 3.8) is 0 Å². The van der Waals surface area contributed by atoms with Crippen molar-refractivity contribution in [3.8, 4) is 0 Å². The van der Waals surface area contributed by atoms with Crippen molar-refractivity contribution in [2.75, 3.05) is 21.2 Å². The van der Waals surface area contributed by atoms with E-state index in [1.807, 2.05) is 34.9 Å². The zero-order chi connectivity index (χ0) is 13.1. The van der Waals surface area contributed by atoms with Gasteiger partial charge < -0.3 is 14.7 Å². The number of hydrogen-bond acceptors (Lipinski definition) is 5. The van der Waals surface area contributed by atoms with Gasteiger partial charge in [-0.05, 0) is 32.6 Å². The minimum absolute atomic E-state index is 0.147. The summed E-state index contributed by atoms with van der Waals surface area (Å²) in [5.41, 5.74) is 0. The fourth-order valence-electron chi connectivity index (χ4n) is 1.58. The Kier molecular flexibility index (Phi) is 12.3. The molecule has 1 aliphatic heterocycles. The van der Waals surface area contributed by atoms with E-state index >= 15 is 0 Å². The topological polar surface area (TPSA) is 62.1 Å². The van der Waals surface area contributed by atoms with Crippen molar-refractivity contribution < 1.29 is 9.84 Å². The van der Waals surface area contributed by atoms with E-state index in [9.17, 15) is 4.91 Å². The van der Waals surface area contributed by atoms with E-state index in [4.69, 9.17) is 9.84 Å². The highest BCUT2D eigenvalue weighted by Gasteiger charge is 2.28. The molecule has 0 aliphatic carbocycles. The summed E-state index contributed by atoms with van der Waals surface area (Å²) in [6, 6.07) is 0.427. The van der Waals surface area contributed by atoms with Crippen LogP contribution in [0.3, 0.4) is 0 Å². The molecule has 0 bridgehead atoms. The lowest BCUT2D eigenvalue weighted by Crippen LogP contribution is -2.40. The molecule has 0 aromatic rings. The van der Waals surface area contributed by atoms with Crippen LogP contribution in [0.15, 0.2) is 5.18 Å². The summed E-state index contributed by atoms with van der Waals surface area (Å²) < 4.78 is 5.31. The molecule has 0 aromatic carbocycles. The molecule has 0 amide bonds. The highest BCUT2D eigenvalue weighted by Crippen LogP contribution is 2.22. The first-order chi connectivity index (χ1) is 7.63. The van der Waals surface area contributed by atoms with Crippen molar-refractivity contribution in [1.82, 2.24) is 4.90 Å². The molecule has 3 atom stereocenters. The van der Waals surface area contributed by atoms with Gasteiger partial charge in [-0.15, -0.1) is 4.91 Å². The third kappa shape index (κ3) is 6.87. The molecule has 5 heteroatoms. The van der Waals surface area contributed by atoms with E-state index in [0.29, 0.717) is 6.04 Å². The Balaban J connectivity index is 0. The predicted molar refractivity (Wildman–Crippen MR) is 66.3 cm³/mol. The average Bonchev–Trinajstić information content (AvgIpc) is 2.33. The molecule has 1 heterocycles. The third-order valence-corrected chi connectivity index (χ3v) is 2.31. The van der Waals surface area contributed by atoms with Crippen molar-refractivity contribution >= 4 is 0 Å². The molecule has 98 valence electrons. The Morgan fingerprint density at radius 2 is 1.75 bits per heavy atom. The second kappa shape index (κ2) is 11.0. The predicted octanol–water partition coefficient (Wildman–Crippen LogP) is 1.84. The molecule has 1 saturated heterocycles. The zero-order valence-electron chi connectivity index (χ0n) is 11.3. The van der Waals surface area contributed by atoms with E-state index < -0.39 is 6.23 Å². The monoisotopic (exact) mass is 234 g/mol. The Morgan fingerprint density at radius 1 is 1.25 bits per heavy atom. The Bertz CT molecular complexity index is 165. The summed E-state index contributed by atoms with van der Waals surface area (Å²) in [6.45, 7) is 5.98. The molecule has 1 fully saturated rings. The van der Waals surface area contributed by atoms with Gasteiger partial charge in [0.25, 0.3) is 0 Å². The second-order valence-electron chi connectivity index (χ2n) is 3.60. The molecular formula is C11H26N2O3. The van der Waals surface area contributed by atoms with Gasteiger partial charge in [0.1, 0.15) is 0 Å². The summed E-state index contributed by atoms with van der Waals surface area (Å²) in [5.74, 6) is 0. The van der Waals surface area contributed by atoms with Gasteiger partial charge in [-0.1, -0.05) is 13.8 Å². The molecule has 3 unspecified atom stereocenters. The van der Waals surface area contributed by atoms with Gasteiger partial charge in [-0.2, -0.15) is 0 Å². The van der Waals surface area contributed by atoms with Crippen LogP contribution in [-0.4, -0.2) is 49.6 Å². The third-order valence-electron chi connectivity index (χ3n) is 2.31. The van der Waals surface area contributed by atoms with Gasteiger partial charge in [0.05, 0.1) is 6.10 Å². The molecule has 0 spiro atoms. The van der Waals surface area contributed by atoms with Crippen LogP contribution in [0, 0.1) is 4.91 Å². The van der Waals surface area contributed by atoms with Crippen LogP contribution in [0.4, 0.5) is 0 Å². The van der Waals surface area contributed by atoms with Gasteiger partial charge in [0.2, 0.25) is 0 Å². The van der Waals surface area contributed by atoms with Crippen molar-refractivity contribution in [2.45, 2.75) is 52.0 Å². The van der Waals surface area contributed by atoms with Gasteiger partial charge in [0, 0.05) is 19.6 Å². The highest BCUT2D eigenvalue weighted by atomic mass is 16.5. The van der Waals surface area contributed by atoms with Crippen LogP contribution >= 0.6 is 0 Å². The van der Waals surface area contributed by atoms with Crippen LogP contribution in [0.1, 0.15) is 33.6 Å². The van der Waals surface area contributed by atoms with Crippen LogP contribution in [0.2, 0.25) is 0 Å². The first-order valence-corrected chi connectivity index (χ1v) is 5.72. The Hall–Kier alpha value is -0.520. The summed E-state index contributed by atoms with van der Waals surface area (Å²) in [4.78, 5) is 12.4. The molecule has 0 aromatic heterocycles. The Labute approximate surface area is 98.8 Å². The van der Waals surface area contributed by atoms with E-state index in [1.54, 1.807) is 0 Å². The lowest BCUT2D eigenvalue weighted by atomic mass is 10.0. The standard InChI is InChI=1S/C8H16N2O2.C2H6.CH4O/c1-6-4-7(10(2)3)5-8(9-11)12-6;2*1-2/h6-8H,4-5H2,1-3H3;1-2H3;2H,1H3. The number of ether oxygens (including phenoxy) is 1. The van der Waals surface area contributed by atoms with Crippen molar-refractivity contribution in [2.24, 2.45) is 5.18 Å². The summed E-state index contributed by atoms with van der Waals surface area (Å²) in [5, 5.41) is 9.93. The van der Waals surface area contributed by atoms with Gasteiger partial charge in [0.15, 0.2) is 6.23 Å². The zero-order valence-corrected chi connectivity index (χ0v) is 11.3. The first-order valence-electron chi connectivity index (χ1n) is 5.72. The SMILES string of the molecule is CC.CC1CC(N(C)C)CC(N=O)O1.CO. The maximum atomic E-state index is 10.3. The lowest BCUT2D eigenvalue weighted by molar-refractivity contribution is -0.0630. The fraction of sp³-hybridized carbons (Fsp3) is 1.00. The number of aliphatic hydroxyl groups is 1. The molecule has 0 radical (unpaired) electrons. The normalized spacial score (nSPS) is 28.4. The van der Waals surface area contributed by atoms with E-state index in [0.717, 1.165) is 20.0 Å². The summed E-state index contributed by atoms with van der Waals surface area (Å²) in [6.07, 6.45) is 1.41. The summed E-state index contributed by atoms with van der Waals surface area (Å²) in [7, 11) is 5.04. The molecular weight excluding hydrogens is 208 g/mol. The molecule has 1 N–H and O–H groups in total. The minimum Gasteiger partial charge on any atom is -0.400 e. The molecule has 5 nitrogen and oxygen atoms in total. The smallest absolute Gasteiger partial charge is 0.191 e. The number of rotatable bonds is 2. The Morgan fingerprint density at radius 3 is 2.12 bits per heavy atom. The molecule has 16 heavy (non-hydrogen) atoms. The number of hydrogen-bond donors (Lipinski definition) is 1. The number of aliphatic hydroxyl groups excluding tert-OH is 1. The molecule has 1 aliphatic rings. The van der Waals surface area contributed by atoms with Gasteiger partial charge >= 0.3 is 0 Å². The lowest BCUT2D eigenvalue weighted by Gasteiger charge is -2.34. The summed E-state index contributed by atoms with van der Waals surface area (Å²) >= 11 is 0. The fourth-order valence-corrected chi connectivity index (χ4v) is 1.58. The quantitative estimate of drug-likeness (QED) is 0.741. The van der Waals surface area contributed by atoms with Crippen LogP contribution < -0.4 is 0 Å². The van der Waals surface area contributed by atoms with Crippen LogP contribution in [0.5, 0.6) is 0 Å². The van der Waals surface area contributed by atoms with E-state index in [1.165, 1.54) is 0 Å². The molecule has 1 rings (SSSR count). The van der Waals surface area contributed by atoms with Crippen LogP contribution in [0.25, 0.3) is 0 Å².